The van der Waals surface area contributed by atoms with Gasteiger partial charge in [-0.15, -0.1) is 0 Å². The van der Waals surface area contributed by atoms with Crippen molar-refractivity contribution in [2.24, 2.45) is 5.10 Å². The molecule has 6 nitrogen and oxygen atoms in total. The molecule has 146 valence electrons. The van der Waals surface area contributed by atoms with E-state index in [0.717, 1.165) is 5.56 Å². The van der Waals surface area contributed by atoms with Crippen LogP contribution < -0.4 is 10.2 Å². The van der Waals surface area contributed by atoms with Gasteiger partial charge in [0.1, 0.15) is 11.5 Å². The van der Waals surface area contributed by atoms with Crippen molar-refractivity contribution >= 4 is 29.7 Å². The highest BCUT2D eigenvalue weighted by molar-refractivity contribution is 6.31. The van der Waals surface area contributed by atoms with Crippen LogP contribution in [-0.4, -0.2) is 23.2 Å². The molecule has 0 bridgehead atoms. The minimum atomic E-state index is -0.584. The van der Waals surface area contributed by atoms with Gasteiger partial charge in [0, 0.05) is 10.6 Å². The van der Waals surface area contributed by atoms with Gasteiger partial charge in [-0.05, 0) is 49.4 Å². The summed E-state index contributed by atoms with van der Waals surface area (Å²) in [6.45, 7) is 1.88. The largest absolute Gasteiger partial charge is 0.507 e. The van der Waals surface area contributed by atoms with E-state index in [2.05, 4.69) is 10.5 Å². The highest BCUT2D eigenvalue weighted by Crippen LogP contribution is 2.23. The monoisotopic (exact) mass is 408 g/mol. The molecule has 3 aromatic rings. The molecule has 1 amide bonds. The number of benzene rings is 3. The quantitative estimate of drug-likeness (QED) is 0.284. The maximum Gasteiger partial charge on any atom is 0.343 e. The summed E-state index contributed by atoms with van der Waals surface area (Å²) in [5.41, 5.74) is 4.15. The third-order valence-electron chi connectivity index (χ3n) is 3.95. The van der Waals surface area contributed by atoms with Crippen molar-refractivity contribution < 1.29 is 19.4 Å². The lowest BCUT2D eigenvalue weighted by atomic mass is 10.1. The Hall–Kier alpha value is -3.64. The van der Waals surface area contributed by atoms with E-state index < -0.39 is 11.9 Å². The molecular weight excluding hydrogens is 392 g/mol. The molecule has 2 N–H and O–H groups in total. The molecule has 7 heteroatoms. The molecule has 0 radical (unpaired) electrons. The number of phenols is 1. The zero-order valence-electron chi connectivity index (χ0n) is 15.4. The zero-order valence-corrected chi connectivity index (χ0v) is 16.2. The summed E-state index contributed by atoms with van der Waals surface area (Å²) in [6, 6.07) is 17.8. The Kier molecular flexibility index (Phi) is 6.26. The Bertz CT molecular complexity index is 1100. The predicted octanol–water partition coefficient (Wildman–Crippen LogP) is 4.34. The number of aromatic hydroxyl groups is 1. The highest BCUT2D eigenvalue weighted by Gasteiger charge is 2.12. The van der Waals surface area contributed by atoms with Gasteiger partial charge in [-0.2, -0.15) is 5.10 Å². The second-order valence-electron chi connectivity index (χ2n) is 6.16. The molecule has 0 fully saturated rings. The summed E-state index contributed by atoms with van der Waals surface area (Å²) < 4.78 is 5.46. The Morgan fingerprint density at radius 2 is 1.86 bits per heavy atom. The van der Waals surface area contributed by atoms with Gasteiger partial charge in [0.05, 0.1) is 17.3 Å². The van der Waals surface area contributed by atoms with Crippen LogP contribution in [0.3, 0.4) is 0 Å². The van der Waals surface area contributed by atoms with Crippen LogP contribution >= 0.6 is 11.6 Å². The summed E-state index contributed by atoms with van der Waals surface area (Å²) in [4.78, 5) is 24.5. The van der Waals surface area contributed by atoms with Crippen molar-refractivity contribution in [3.05, 3.63) is 94.0 Å². The molecule has 0 spiro atoms. The maximum absolute atomic E-state index is 12.4. The second kappa shape index (κ2) is 9.03. The van der Waals surface area contributed by atoms with Crippen LogP contribution in [0, 0.1) is 6.92 Å². The lowest BCUT2D eigenvalue weighted by Gasteiger charge is -2.08. The average molecular weight is 409 g/mol. The first-order valence-electron chi connectivity index (χ1n) is 8.64. The molecule has 0 saturated carbocycles. The lowest BCUT2D eigenvalue weighted by Crippen LogP contribution is -2.17. The number of aryl methyl sites for hydroxylation is 1. The molecule has 0 aromatic heterocycles. The van der Waals surface area contributed by atoms with Crippen LogP contribution in [0.1, 0.15) is 31.8 Å². The van der Waals surface area contributed by atoms with E-state index in [-0.39, 0.29) is 17.1 Å². The van der Waals surface area contributed by atoms with E-state index in [4.69, 9.17) is 16.3 Å². The first kappa shape index (κ1) is 20.1. The predicted molar refractivity (Wildman–Crippen MR) is 111 cm³/mol. The fraction of sp³-hybridized carbons (Fsp3) is 0.0455. The van der Waals surface area contributed by atoms with Crippen LogP contribution in [0.2, 0.25) is 5.02 Å². The van der Waals surface area contributed by atoms with Crippen molar-refractivity contribution in [1.82, 2.24) is 5.43 Å². The molecule has 3 aromatic carbocycles. The molecular formula is C22H17ClN2O4. The smallest absolute Gasteiger partial charge is 0.343 e. The number of para-hydroxylation sites is 1. The van der Waals surface area contributed by atoms with E-state index in [1.165, 1.54) is 18.3 Å². The molecule has 0 heterocycles. The van der Waals surface area contributed by atoms with Crippen molar-refractivity contribution in [2.45, 2.75) is 6.92 Å². The van der Waals surface area contributed by atoms with Gasteiger partial charge in [0.2, 0.25) is 0 Å². The van der Waals surface area contributed by atoms with Crippen molar-refractivity contribution in [3.63, 3.8) is 0 Å². The lowest BCUT2D eigenvalue weighted by molar-refractivity contribution is 0.0734. The van der Waals surface area contributed by atoms with E-state index in [9.17, 15) is 14.7 Å². The van der Waals surface area contributed by atoms with Gasteiger partial charge in [-0.3, -0.25) is 4.79 Å². The first-order valence-corrected chi connectivity index (χ1v) is 9.01. The third kappa shape index (κ3) is 5.21. The number of hydrogen-bond donors (Lipinski definition) is 2. The molecule has 0 aliphatic carbocycles. The molecule has 0 aliphatic heterocycles. The Morgan fingerprint density at radius 1 is 1.07 bits per heavy atom. The van der Waals surface area contributed by atoms with Gasteiger partial charge >= 0.3 is 5.97 Å². The Morgan fingerprint density at radius 3 is 2.62 bits per heavy atom. The fourth-order valence-electron chi connectivity index (χ4n) is 2.53. The number of nitrogens with zero attached hydrogens (tertiary/aromatic N) is 1. The van der Waals surface area contributed by atoms with Gasteiger partial charge < -0.3 is 9.84 Å². The number of hydrazone groups is 1. The van der Waals surface area contributed by atoms with Crippen LogP contribution in [-0.2, 0) is 0 Å². The van der Waals surface area contributed by atoms with E-state index in [1.54, 1.807) is 48.5 Å². The standard InChI is InChI=1S/C22H17ClN2O4/c1-14-5-4-6-15(11-14)22(28)29-20-10-9-17(23)12-16(20)13-24-25-21(27)18-7-2-3-8-19(18)26/h2-13,26H,1H3,(H,25,27)/b24-13+. The van der Waals surface area contributed by atoms with Crippen molar-refractivity contribution in [3.8, 4) is 11.5 Å². The number of rotatable bonds is 5. The topological polar surface area (TPSA) is 88.0 Å². The van der Waals surface area contributed by atoms with Crippen LogP contribution in [0.4, 0.5) is 0 Å². The fourth-order valence-corrected chi connectivity index (χ4v) is 2.71. The van der Waals surface area contributed by atoms with E-state index in [1.807, 2.05) is 13.0 Å². The van der Waals surface area contributed by atoms with Gasteiger partial charge in [-0.25, -0.2) is 10.2 Å². The number of phenolic OH excluding ortho intramolecular Hbond substituents is 1. The van der Waals surface area contributed by atoms with Crippen LogP contribution in [0.5, 0.6) is 11.5 Å². The molecule has 0 atom stereocenters. The van der Waals surface area contributed by atoms with E-state index in [0.29, 0.717) is 16.1 Å². The normalized spacial score (nSPS) is 10.7. The number of esters is 1. The second-order valence-corrected chi connectivity index (χ2v) is 6.59. The molecule has 0 saturated heterocycles. The van der Waals surface area contributed by atoms with Gasteiger partial charge in [-0.1, -0.05) is 41.4 Å². The van der Waals surface area contributed by atoms with Gasteiger partial charge in [0.15, 0.2) is 0 Å². The summed E-state index contributed by atoms with van der Waals surface area (Å²) in [6.07, 6.45) is 1.31. The number of amides is 1. The SMILES string of the molecule is Cc1cccc(C(=O)Oc2ccc(Cl)cc2/C=N/NC(=O)c2ccccc2O)c1. The number of halogens is 1. The van der Waals surface area contributed by atoms with Crippen LogP contribution in [0.25, 0.3) is 0 Å². The highest BCUT2D eigenvalue weighted by atomic mass is 35.5. The molecule has 29 heavy (non-hydrogen) atoms. The zero-order chi connectivity index (χ0) is 20.8. The summed E-state index contributed by atoms with van der Waals surface area (Å²) in [7, 11) is 0. The molecule has 0 unspecified atom stereocenters. The summed E-state index contributed by atoms with van der Waals surface area (Å²) >= 11 is 6.03. The Labute approximate surface area is 172 Å². The summed E-state index contributed by atoms with van der Waals surface area (Å²) in [5.74, 6) is -1.03. The van der Waals surface area contributed by atoms with Crippen molar-refractivity contribution in [1.29, 1.82) is 0 Å². The third-order valence-corrected chi connectivity index (χ3v) is 4.18. The molecule has 3 rings (SSSR count). The minimum absolute atomic E-state index is 0.0850. The number of carbonyl (C=O) groups excluding carboxylic acids is 2. The Balaban J connectivity index is 1.76. The first-order chi connectivity index (χ1) is 13.9. The summed E-state index contributed by atoms with van der Waals surface area (Å²) in [5, 5.41) is 14.0. The number of ether oxygens (including phenoxy) is 1. The van der Waals surface area contributed by atoms with Gasteiger partial charge in [0.25, 0.3) is 5.91 Å². The number of hydrogen-bond acceptors (Lipinski definition) is 5. The average Bonchev–Trinajstić information content (AvgIpc) is 2.70. The van der Waals surface area contributed by atoms with E-state index >= 15 is 0 Å². The van der Waals surface area contributed by atoms with Crippen LogP contribution in [0.15, 0.2) is 71.8 Å². The minimum Gasteiger partial charge on any atom is -0.507 e. The molecule has 0 aliphatic rings. The number of carbonyl (C=O) groups is 2. The van der Waals surface area contributed by atoms with Crippen molar-refractivity contribution in [2.75, 3.05) is 0 Å². The maximum atomic E-state index is 12.4. The number of nitrogens with one attached hydrogen (secondary N) is 1.